The van der Waals surface area contributed by atoms with Crippen LogP contribution in [0.15, 0.2) is 249 Å². The molecule has 1 spiro atoms. The van der Waals surface area contributed by atoms with Gasteiger partial charge >= 0.3 is 0 Å². The SMILES string of the molecule is c1ccc(-c2c(-c3ccc(N(c4cccc(-c5cccc6ccccc56)c4)c4ccc5c(c4)C4(c6ccccc6-c6ccccc64)c4ccccc4-5)cc3)ccc3ccccc23)cc1. The van der Waals surface area contributed by atoms with Gasteiger partial charge in [0.15, 0.2) is 0 Å². The van der Waals surface area contributed by atoms with Gasteiger partial charge in [-0.1, -0.05) is 212 Å². The van der Waals surface area contributed by atoms with Crippen molar-refractivity contribution in [3.05, 3.63) is 271 Å². The predicted octanol–water partition coefficient (Wildman–Crippen LogP) is 16.8. The molecule has 0 bridgehead atoms. The Bertz CT molecular complexity index is 3550. The Morgan fingerprint density at radius 2 is 0.734 bits per heavy atom. The van der Waals surface area contributed by atoms with E-state index in [1.54, 1.807) is 0 Å². The minimum atomic E-state index is -0.445. The molecule has 0 aliphatic heterocycles. The summed E-state index contributed by atoms with van der Waals surface area (Å²) in [6.45, 7) is 0. The fraction of sp³-hybridized carbons (Fsp3) is 0.0159. The van der Waals surface area contributed by atoms with Gasteiger partial charge < -0.3 is 4.90 Å². The first-order chi connectivity index (χ1) is 31.8. The van der Waals surface area contributed by atoms with Crippen molar-refractivity contribution in [3.63, 3.8) is 0 Å². The third kappa shape index (κ3) is 5.38. The van der Waals surface area contributed by atoms with Crippen molar-refractivity contribution in [1.82, 2.24) is 0 Å². The Balaban J connectivity index is 1.02. The maximum atomic E-state index is 2.49. The Hall–Kier alpha value is -8.26. The van der Waals surface area contributed by atoms with Crippen molar-refractivity contribution >= 4 is 38.6 Å². The molecule has 1 heteroatoms. The first-order valence-electron chi connectivity index (χ1n) is 22.3. The fourth-order valence-electron chi connectivity index (χ4n) is 11.2. The van der Waals surface area contributed by atoms with Crippen molar-refractivity contribution in [3.8, 4) is 55.6 Å². The normalized spacial score (nSPS) is 12.8. The van der Waals surface area contributed by atoms with Gasteiger partial charge in [-0.25, -0.2) is 0 Å². The Morgan fingerprint density at radius 1 is 0.250 bits per heavy atom. The molecular formula is C63H41N. The third-order valence-electron chi connectivity index (χ3n) is 13.9. The third-order valence-corrected chi connectivity index (χ3v) is 13.9. The number of anilines is 3. The molecule has 0 saturated heterocycles. The highest BCUT2D eigenvalue weighted by Gasteiger charge is 2.51. The average Bonchev–Trinajstić information content (AvgIpc) is 3.84. The van der Waals surface area contributed by atoms with E-state index < -0.39 is 5.41 Å². The van der Waals surface area contributed by atoms with Crippen LogP contribution in [0.4, 0.5) is 17.1 Å². The number of hydrogen-bond donors (Lipinski definition) is 0. The number of nitrogens with zero attached hydrogens (tertiary/aromatic N) is 1. The Morgan fingerprint density at radius 3 is 1.44 bits per heavy atom. The van der Waals surface area contributed by atoms with Gasteiger partial charge in [-0.05, 0) is 136 Å². The maximum absolute atomic E-state index is 2.49. The van der Waals surface area contributed by atoms with Crippen LogP contribution in [-0.2, 0) is 5.41 Å². The molecule has 0 atom stereocenters. The van der Waals surface area contributed by atoms with E-state index in [-0.39, 0.29) is 0 Å². The number of fused-ring (bicyclic) bond motifs is 12. The van der Waals surface area contributed by atoms with Gasteiger partial charge in [-0.15, -0.1) is 0 Å². The minimum absolute atomic E-state index is 0.445. The van der Waals surface area contributed by atoms with Crippen LogP contribution >= 0.6 is 0 Å². The van der Waals surface area contributed by atoms with E-state index in [1.807, 2.05) is 0 Å². The van der Waals surface area contributed by atoms with Gasteiger partial charge in [-0.2, -0.15) is 0 Å². The molecule has 0 saturated carbocycles. The van der Waals surface area contributed by atoms with Crippen molar-refractivity contribution < 1.29 is 0 Å². The van der Waals surface area contributed by atoms with Crippen LogP contribution in [0.25, 0.3) is 77.2 Å². The molecule has 1 nitrogen and oxygen atoms in total. The zero-order valence-electron chi connectivity index (χ0n) is 35.1. The lowest BCUT2D eigenvalue weighted by molar-refractivity contribution is 0.793. The highest BCUT2D eigenvalue weighted by molar-refractivity contribution is 6.05. The first-order valence-corrected chi connectivity index (χ1v) is 22.3. The van der Waals surface area contributed by atoms with Crippen molar-refractivity contribution in [1.29, 1.82) is 0 Å². The second-order valence-corrected chi connectivity index (χ2v) is 17.2. The molecule has 0 fully saturated rings. The van der Waals surface area contributed by atoms with Crippen LogP contribution in [0.5, 0.6) is 0 Å². The van der Waals surface area contributed by atoms with Crippen molar-refractivity contribution in [2.45, 2.75) is 5.41 Å². The van der Waals surface area contributed by atoms with Crippen molar-refractivity contribution in [2.24, 2.45) is 0 Å². The number of benzene rings is 11. The topological polar surface area (TPSA) is 3.24 Å². The molecule has 298 valence electrons. The second kappa shape index (κ2) is 14.4. The van der Waals surface area contributed by atoms with E-state index in [2.05, 4.69) is 254 Å². The smallest absolute Gasteiger partial charge is 0.0726 e. The molecule has 2 aliphatic carbocycles. The molecule has 11 aromatic carbocycles. The molecular weight excluding hydrogens is 771 g/mol. The van der Waals surface area contributed by atoms with E-state index in [0.717, 1.165) is 17.1 Å². The summed E-state index contributed by atoms with van der Waals surface area (Å²) in [5, 5.41) is 4.98. The number of rotatable bonds is 6. The summed E-state index contributed by atoms with van der Waals surface area (Å²) in [6.07, 6.45) is 0. The highest BCUT2D eigenvalue weighted by Crippen LogP contribution is 2.63. The molecule has 0 unspecified atom stereocenters. The van der Waals surface area contributed by atoms with Crippen LogP contribution in [-0.4, -0.2) is 0 Å². The quantitative estimate of drug-likeness (QED) is 0.162. The van der Waals surface area contributed by atoms with Crippen LogP contribution < -0.4 is 4.90 Å². The summed E-state index contributed by atoms with van der Waals surface area (Å²) in [7, 11) is 0. The van der Waals surface area contributed by atoms with E-state index >= 15 is 0 Å². The molecule has 13 rings (SSSR count). The van der Waals surface area contributed by atoms with Crippen LogP contribution in [0, 0.1) is 0 Å². The van der Waals surface area contributed by atoms with Gasteiger partial charge in [0.2, 0.25) is 0 Å². The minimum Gasteiger partial charge on any atom is -0.310 e. The lowest BCUT2D eigenvalue weighted by Crippen LogP contribution is -2.26. The molecule has 64 heavy (non-hydrogen) atoms. The van der Waals surface area contributed by atoms with Gasteiger partial charge in [-0.3, -0.25) is 0 Å². The van der Waals surface area contributed by atoms with Gasteiger partial charge in [0.05, 0.1) is 5.41 Å². The summed E-state index contributed by atoms with van der Waals surface area (Å²) in [5.41, 5.74) is 20.7. The van der Waals surface area contributed by atoms with Crippen LogP contribution in [0.2, 0.25) is 0 Å². The zero-order chi connectivity index (χ0) is 42.2. The molecule has 0 heterocycles. The fourth-order valence-corrected chi connectivity index (χ4v) is 11.2. The summed E-state index contributed by atoms with van der Waals surface area (Å²) >= 11 is 0. The van der Waals surface area contributed by atoms with Gasteiger partial charge in [0, 0.05) is 17.1 Å². The average molecular weight is 812 g/mol. The Labute approximate surface area is 373 Å². The monoisotopic (exact) mass is 811 g/mol. The summed E-state index contributed by atoms with van der Waals surface area (Å²) in [4.78, 5) is 2.46. The number of hydrogen-bond acceptors (Lipinski definition) is 1. The van der Waals surface area contributed by atoms with Crippen molar-refractivity contribution in [2.75, 3.05) is 4.90 Å². The molecule has 0 aromatic heterocycles. The summed E-state index contributed by atoms with van der Waals surface area (Å²) < 4.78 is 0. The highest BCUT2D eigenvalue weighted by atomic mass is 15.1. The van der Waals surface area contributed by atoms with Gasteiger partial charge in [0.1, 0.15) is 0 Å². The standard InChI is InChI=1S/C63H41N/c1-2-18-45(19-3-1)62-52-24-7-5-17-43(52)34-38-53(62)44-32-35-47(36-33-44)64(48-22-14-21-46(40-48)51-28-15-20-42-16-4-6-23-50(42)51)49-37-39-57-56-27-10-13-31-60(56)63(61(57)41-49)58-29-11-8-25-54(58)55-26-9-12-30-59(55)63/h1-41H. The van der Waals surface area contributed by atoms with Crippen LogP contribution in [0.1, 0.15) is 22.3 Å². The first kappa shape index (κ1) is 36.4. The van der Waals surface area contributed by atoms with Gasteiger partial charge in [0.25, 0.3) is 0 Å². The molecule has 0 N–H and O–H groups in total. The van der Waals surface area contributed by atoms with E-state index in [1.165, 1.54) is 99.4 Å². The maximum Gasteiger partial charge on any atom is 0.0726 e. The van der Waals surface area contributed by atoms with E-state index in [0.29, 0.717) is 0 Å². The molecule has 0 amide bonds. The lowest BCUT2D eigenvalue weighted by atomic mass is 9.70. The lowest BCUT2D eigenvalue weighted by Gasteiger charge is -2.32. The summed E-state index contributed by atoms with van der Waals surface area (Å²) in [5.74, 6) is 0. The molecule has 2 aliphatic rings. The largest absolute Gasteiger partial charge is 0.310 e. The molecule has 0 radical (unpaired) electrons. The van der Waals surface area contributed by atoms with E-state index in [9.17, 15) is 0 Å². The summed E-state index contributed by atoms with van der Waals surface area (Å²) in [6, 6.07) is 92.1. The molecule has 11 aromatic rings. The van der Waals surface area contributed by atoms with Crippen LogP contribution in [0.3, 0.4) is 0 Å². The Kier molecular flexibility index (Phi) is 8.20. The van der Waals surface area contributed by atoms with E-state index in [4.69, 9.17) is 0 Å². The zero-order valence-corrected chi connectivity index (χ0v) is 35.1. The second-order valence-electron chi connectivity index (χ2n) is 17.2. The predicted molar refractivity (Wildman–Crippen MR) is 269 cm³/mol.